The molecule has 6 heteroatoms. The number of anilines is 1. The highest BCUT2D eigenvalue weighted by atomic mass is 16.5. The maximum Gasteiger partial charge on any atom is 0.225 e. The van der Waals surface area contributed by atoms with Crippen LogP contribution in [0.3, 0.4) is 0 Å². The van der Waals surface area contributed by atoms with Crippen molar-refractivity contribution in [3.63, 3.8) is 0 Å². The summed E-state index contributed by atoms with van der Waals surface area (Å²) in [6.07, 6.45) is 6.07. The second-order valence-electron chi connectivity index (χ2n) is 5.44. The van der Waals surface area contributed by atoms with Crippen molar-refractivity contribution in [1.82, 2.24) is 14.9 Å². The predicted molar refractivity (Wildman–Crippen MR) is 75.6 cm³/mol. The number of rotatable bonds is 4. The fourth-order valence-corrected chi connectivity index (χ4v) is 2.90. The van der Waals surface area contributed by atoms with Crippen molar-refractivity contribution in [2.45, 2.75) is 25.4 Å². The standard InChI is InChI=1S/C14H22N4O2/c19-11-13-2-1-3-18(13)10-12-8-15-14(16-9-12)17-4-6-20-7-5-17/h8-9,13,19H,1-7,10-11H2/t13-/m1/s1. The third kappa shape index (κ3) is 3.08. The molecule has 0 aliphatic carbocycles. The Morgan fingerprint density at radius 3 is 2.65 bits per heavy atom. The molecular formula is C14H22N4O2. The molecular weight excluding hydrogens is 256 g/mol. The van der Waals surface area contributed by atoms with Crippen LogP contribution in [0.15, 0.2) is 12.4 Å². The van der Waals surface area contributed by atoms with E-state index in [0.717, 1.165) is 63.7 Å². The molecule has 0 radical (unpaired) electrons. The van der Waals surface area contributed by atoms with Crippen LogP contribution in [-0.4, -0.2) is 65.5 Å². The molecule has 20 heavy (non-hydrogen) atoms. The first-order valence-electron chi connectivity index (χ1n) is 7.35. The van der Waals surface area contributed by atoms with Crippen LogP contribution < -0.4 is 4.90 Å². The van der Waals surface area contributed by atoms with Crippen LogP contribution in [0.5, 0.6) is 0 Å². The van der Waals surface area contributed by atoms with Gasteiger partial charge in [-0.1, -0.05) is 0 Å². The number of hydrogen-bond acceptors (Lipinski definition) is 6. The molecule has 1 aromatic heterocycles. The summed E-state index contributed by atoms with van der Waals surface area (Å²) in [6.45, 7) is 5.34. The lowest BCUT2D eigenvalue weighted by atomic mass is 10.2. The monoisotopic (exact) mass is 278 g/mol. The predicted octanol–water partition coefficient (Wildman–Crippen LogP) is 0.270. The summed E-state index contributed by atoms with van der Waals surface area (Å²) in [7, 11) is 0. The van der Waals surface area contributed by atoms with Crippen molar-refractivity contribution in [3.05, 3.63) is 18.0 Å². The maximum atomic E-state index is 9.34. The molecule has 0 amide bonds. The van der Waals surface area contributed by atoms with E-state index in [0.29, 0.717) is 6.04 Å². The quantitative estimate of drug-likeness (QED) is 0.853. The smallest absolute Gasteiger partial charge is 0.225 e. The lowest BCUT2D eigenvalue weighted by Crippen LogP contribution is -2.37. The van der Waals surface area contributed by atoms with Crippen LogP contribution >= 0.6 is 0 Å². The Balaban J connectivity index is 1.61. The Labute approximate surface area is 119 Å². The molecule has 6 nitrogen and oxygen atoms in total. The number of aliphatic hydroxyl groups excluding tert-OH is 1. The van der Waals surface area contributed by atoms with E-state index in [1.807, 2.05) is 12.4 Å². The van der Waals surface area contributed by atoms with Gasteiger partial charge in [-0.15, -0.1) is 0 Å². The van der Waals surface area contributed by atoms with Gasteiger partial charge in [-0.3, -0.25) is 4.90 Å². The molecule has 1 N–H and O–H groups in total. The van der Waals surface area contributed by atoms with Gasteiger partial charge < -0.3 is 14.7 Å². The van der Waals surface area contributed by atoms with E-state index in [9.17, 15) is 5.11 Å². The van der Waals surface area contributed by atoms with E-state index >= 15 is 0 Å². The van der Waals surface area contributed by atoms with Gasteiger partial charge in [0, 0.05) is 43.6 Å². The van der Waals surface area contributed by atoms with Gasteiger partial charge >= 0.3 is 0 Å². The molecule has 3 heterocycles. The van der Waals surface area contributed by atoms with Gasteiger partial charge in [-0.05, 0) is 19.4 Å². The summed E-state index contributed by atoms with van der Waals surface area (Å²) in [4.78, 5) is 13.4. The number of likely N-dealkylation sites (tertiary alicyclic amines) is 1. The average molecular weight is 278 g/mol. The number of morpholine rings is 1. The zero-order valence-corrected chi connectivity index (χ0v) is 11.7. The number of aromatic nitrogens is 2. The highest BCUT2D eigenvalue weighted by Crippen LogP contribution is 2.19. The fraction of sp³-hybridized carbons (Fsp3) is 0.714. The van der Waals surface area contributed by atoms with Crippen molar-refractivity contribution >= 4 is 5.95 Å². The van der Waals surface area contributed by atoms with E-state index in [2.05, 4.69) is 19.8 Å². The van der Waals surface area contributed by atoms with E-state index in [4.69, 9.17) is 4.74 Å². The van der Waals surface area contributed by atoms with Crippen molar-refractivity contribution in [2.75, 3.05) is 44.4 Å². The summed E-state index contributed by atoms with van der Waals surface area (Å²) in [5, 5.41) is 9.34. The molecule has 0 saturated carbocycles. The van der Waals surface area contributed by atoms with Crippen LogP contribution in [0.1, 0.15) is 18.4 Å². The highest BCUT2D eigenvalue weighted by Gasteiger charge is 2.23. The molecule has 2 saturated heterocycles. The first-order chi connectivity index (χ1) is 9.86. The number of nitrogens with zero attached hydrogens (tertiary/aromatic N) is 4. The normalized spacial score (nSPS) is 24.2. The minimum atomic E-state index is 0.243. The van der Waals surface area contributed by atoms with E-state index in [1.165, 1.54) is 0 Å². The van der Waals surface area contributed by atoms with Crippen LogP contribution in [0.2, 0.25) is 0 Å². The topological polar surface area (TPSA) is 61.7 Å². The minimum absolute atomic E-state index is 0.243. The maximum absolute atomic E-state index is 9.34. The Morgan fingerprint density at radius 1 is 1.20 bits per heavy atom. The Hall–Kier alpha value is -1.24. The lowest BCUT2D eigenvalue weighted by molar-refractivity contribution is 0.122. The highest BCUT2D eigenvalue weighted by molar-refractivity contribution is 5.30. The van der Waals surface area contributed by atoms with E-state index < -0.39 is 0 Å². The van der Waals surface area contributed by atoms with Crippen molar-refractivity contribution < 1.29 is 9.84 Å². The first-order valence-corrected chi connectivity index (χ1v) is 7.35. The summed E-state index contributed by atoms with van der Waals surface area (Å²) < 4.78 is 5.33. The largest absolute Gasteiger partial charge is 0.395 e. The lowest BCUT2D eigenvalue weighted by Gasteiger charge is -2.27. The summed E-state index contributed by atoms with van der Waals surface area (Å²) in [5.41, 5.74) is 1.11. The Bertz CT molecular complexity index is 420. The van der Waals surface area contributed by atoms with Gasteiger partial charge in [0.05, 0.1) is 19.8 Å². The summed E-state index contributed by atoms with van der Waals surface area (Å²) in [5.74, 6) is 0.789. The zero-order valence-electron chi connectivity index (χ0n) is 11.7. The molecule has 2 aliphatic heterocycles. The molecule has 1 aromatic rings. The number of ether oxygens (including phenoxy) is 1. The van der Waals surface area contributed by atoms with Crippen LogP contribution in [0, 0.1) is 0 Å². The molecule has 1 atom stereocenters. The Kier molecular flexibility index (Phi) is 4.44. The van der Waals surface area contributed by atoms with Crippen molar-refractivity contribution in [1.29, 1.82) is 0 Å². The molecule has 110 valence electrons. The van der Waals surface area contributed by atoms with Crippen molar-refractivity contribution in [2.24, 2.45) is 0 Å². The van der Waals surface area contributed by atoms with Gasteiger partial charge in [0.15, 0.2) is 0 Å². The van der Waals surface area contributed by atoms with Crippen LogP contribution in [0.4, 0.5) is 5.95 Å². The molecule has 2 aliphatic rings. The molecule has 3 rings (SSSR count). The third-order valence-corrected chi connectivity index (χ3v) is 4.08. The Morgan fingerprint density at radius 2 is 1.95 bits per heavy atom. The van der Waals surface area contributed by atoms with E-state index in [-0.39, 0.29) is 6.61 Å². The average Bonchev–Trinajstić information content (AvgIpc) is 2.96. The van der Waals surface area contributed by atoms with Gasteiger partial charge in [0.1, 0.15) is 0 Å². The van der Waals surface area contributed by atoms with Gasteiger partial charge in [0.2, 0.25) is 5.95 Å². The molecule has 0 spiro atoms. The number of aliphatic hydroxyl groups is 1. The van der Waals surface area contributed by atoms with Crippen LogP contribution in [-0.2, 0) is 11.3 Å². The summed E-state index contributed by atoms with van der Waals surface area (Å²) in [6, 6.07) is 0.300. The molecule has 0 aromatic carbocycles. The number of hydrogen-bond donors (Lipinski definition) is 1. The second-order valence-corrected chi connectivity index (χ2v) is 5.44. The first kappa shape index (κ1) is 13.7. The van der Waals surface area contributed by atoms with Gasteiger partial charge in [0.25, 0.3) is 0 Å². The zero-order chi connectivity index (χ0) is 13.8. The molecule has 2 fully saturated rings. The minimum Gasteiger partial charge on any atom is -0.395 e. The summed E-state index contributed by atoms with van der Waals surface area (Å²) >= 11 is 0. The van der Waals surface area contributed by atoms with Crippen molar-refractivity contribution in [3.8, 4) is 0 Å². The SMILES string of the molecule is OC[C@H]1CCCN1Cc1cnc(N2CCOCC2)nc1. The fourth-order valence-electron chi connectivity index (χ4n) is 2.90. The van der Waals surface area contributed by atoms with Gasteiger partial charge in [-0.2, -0.15) is 0 Å². The second kappa shape index (κ2) is 6.47. The van der Waals surface area contributed by atoms with Gasteiger partial charge in [-0.25, -0.2) is 9.97 Å². The molecule has 0 unspecified atom stereocenters. The molecule has 0 bridgehead atoms. The van der Waals surface area contributed by atoms with Crippen LogP contribution in [0.25, 0.3) is 0 Å². The van der Waals surface area contributed by atoms with E-state index in [1.54, 1.807) is 0 Å². The third-order valence-electron chi connectivity index (χ3n) is 4.08.